The minimum atomic E-state index is -1.11. The highest BCUT2D eigenvalue weighted by Crippen LogP contribution is 2.39. The van der Waals surface area contributed by atoms with Gasteiger partial charge in [-0.05, 0) is 26.2 Å². The van der Waals surface area contributed by atoms with Crippen LogP contribution in [0.5, 0.6) is 0 Å². The maximum atomic E-state index is 10.2. The summed E-state index contributed by atoms with van der Waals surface area (Å²) < 4.78 is 5.20. The van der Waals surface area contributed by atoms with Gasteiger partial charge < -0.3 is 14.9 Å². The van der Waals surface area contributed by atoms with Crippen LogP contribution < -0.4 is 0 Å². The standard InChI is InChI=1S/C11H18O3/c1-8-3-2-4-9(7-8)11(13)6-5-10(12)14-11/h7,9-10,12-13H,2-6H2,1H3. The van der Waals surface area contributed by atoms with E-state index in [1.165, 1.54) is 5.57 Å². The fourth-order valence-corrected chi connectivity index (χ4v) is 2.42. The molecule has 3 atom stereocenters. The molecule has 0 amide bonds. The number of aliphatic hydroxyl groups excluding tert-OH is 1. The number of rotatable bonds is 1. The lowest BCUT2D eigenvalue weighted by Gasteiger charge is -2.32. The summed E-state index contributed by atoms with van der Waals surface area (Å²) in [6.07, 6.45) is 5.59. The van der Waals surface area contributed by atoms with Crippen molar-refractivity contribution in [3.63, 3.8) is 0 Å². The van der Waals surface area contributed by atoms with E-state index in [2.05, 4.69) is 13.0 Å². The third-order valence-corrected chi connectivity index (χ3v) is 3.24. The molecule has 1 heterocycles. The summed E-state index contributed by atoms with van der Waals surface area (Å²) in [5.74, 6) is -1.05. The van der Waals surface area contributed by atoms with Crippen molar-refractivity contribution in [2.75, 3.05) is 0 Å². The molecule has 1 fully saturated rings. The van der Waals surface area contributed by atoms with Crippen LogP contribution in [0, 0.1) is 5.92 Å². The first-order valence-corrected chi connectivity index (χ1v) is 5.36. The van der Waals surface area contributed by atoms with E-state index < -0.39 is 12.1 Å². The fraction of sp³-hybridized carbons (Fsp3) is 0.818. The van der Waals surface area contributed by atoms with Crippen LogP contribution in [-0.4, -0.2) is 22.3 Å². The monoisotopic (exact) mass is 198 g/mol. The first kappa shape index (κ1) is 10.1. The van der Waals surface area contributed by atoms with Crippen LogP contribution in [0.4, 0.5) is 0 Å². The summed E-state index contributed by atoms with van der Waals surface area (Å²) in [4.78, 5) is 0. The average molecular weight is 198 g/mol. The van der Waals surface area contributed by atoms with E-state index in [0.717, 1.165) is 19.3 Å². The molecule has 0 spiro atoms. The molecule has 2 N–H and O–H groups in total. The summed E-state index contributed by atoms with van der Waals surface area (Å²) in [6, 6.07) is 0. The highest BCUT2D eigenvalue weighted by atomic mass is 16.7. The Hall–Kier alpha value is -0.380. The van der Waals surface area contributed by atoms with E-state index in [1.54, 1.807) is 0 Å². The largest absolute Gasteiger partial charge is 0.368 e. The molecule has 0 saturated carbocycles. The molecule has 1 saturated heterocycles. The van der Waals surface area contributed by atoms with Gasteiger partial charge >= 0.3 is 0 Å². The minimum Gasteiger partial charge on any atom is -0.368 e. The van der Waals surface area contributed by atoms with Crippen LogP contribution in [0.3, 0.4) is 0 Å². The Labute approximate surface area is 84.4 Å². The molecule has 80 valence electrons. The first-order valence-electron chi connectivity index (χ1n) is 5.36. The van der Waals surface area contributed by atoms with Gasteiger partial charge in [-0.1, -0.05) is 11.6 Å². The van der Waals surface area contributed by atoms with Gasteiger partial charge in [0, 0.05) is 18.8 Å². The van der Waals surface area contributed by atoms with Gasteiger partial charge in [-0.3, -0.25) is 0 Å². The van der Waals surface area contributed by atoms with Crippen molar-refractivity contribution in [1.82, 2.24) is 0 Å². The number of allylic oxidation sites excluding steroid dienone is 1. The van der Waals surface area contributed by atoms with Crippen molar-refractivity contribution < 1.29 is 14.9 Å². The molecule has 3 unspecified atom stereocenters. The van der Waals surface area contributed by atoms with Crippen molar-refractivity contribution in [2.24, 2.45) is 5.92 Å². The van der Waals surface area contributed by atoms with E-state index in [4.69, 9.17) is 4.74 Å². The summed E-state index contributed by atoms with van der Waals surface area (Å²) >= 11 is 0. The minimum absolute atomic E-state index is 0.0633. The predicted molar refractivity (Wildman–Crippen MR) is 52.4 cm³/mol. The lowest BCUT2D eigenvalue weighted by atomic mass is 9.84. The molecular weight excluding hydrogens is 180 g/mol. The molecule has 3 heteroatoms. The van der Waals surface area contributed by atoms with Crippen LogP contribution >= 0.6 is 0 Å². The van der Waals surface area contributed by atoms with Crippen LogP contribution in [0.15, 0.2) is 11.6 Å². The molecule has 0 bridgehead atoms. The van der Waals surface area contributed by atoms with Gasteiger partial charge in [0.05, 0.1) is 0 Å². The number of hydrogen-bond donors (Lipinski definition) is 2. The van der Waals surface area contributed by atoms with Crippen LogP contribution in [0.1, 0.15) is 39.0 Å². The SMILES string of the molecule is CC1=CC(C2(O)CCC(O)O2)CCC1. The van der Waals surface area contributed by atoms with E-state index in [9.17, 15) is 10.2 Å². The third kappa shape index (κ3) is 1.85. The smallest absolute Gasteiger partial charge is 0.175 e. The Kier molecular flexibility index (Phi) is 2.64. The molecule has 0 radical (unpaired) electrons. The maximum Gasteiger partial charge on any atom is 0.175 e. The van der Waals surface area contributed by atoms with Gasteiger partial charge in [0.15, 0.2) is 12.1 Å². The Morgan fingerprint density at radius 1 is 1.50 bits per heavy atom. The Morgan fingerprint density at radius 3 is 2.86 bits per heavy atom. The second-order valence-corrected chi connectivity index (χ2v) is 4.47. The second-order valence-electron chi connectivity index (χ2n) is 4.47. The quantitative estimate of drug-likeness (QED) is 0.628. The molecular formula is C11H18O3. The van der Waals surface area contributed by atoms with Gasteiger partial charge in [-0.15, -0.1) is 0 Å². The van der Waals surface area contributed by atoms with Gasteiger partial charge in [0.25, 0.3) is 0 Å². The van der Waals surface area contributed by atoms with Gasteiger partial charge in [0.2, 0.25) is 0 Å². The molecule has 0 aromatic rings. The van der Waals surface area contributed by atoms with Crippen molar-refractivity contribution in [3.8, 4) is 0 Å². The number of hydrogen-bond acceptors (Lipinski definition) is 3. The molecule has 3 nitrogen and oxygen atoms in total. The average Bonchev–Trinajstić information content (AvgIpc) is 2.48. The van der Waals surface area contributed by atoms with E-state index in [1.807, 2.05) is 0 Å². The molecule has 14 heavy (non-hydrogen) atoms. The van der Waals surface area contributed by atoms with Crippen molar-refractivity contribution >= 4 is 0 Å². The zero-order chi connectivity index (χ0) is 10.2. The molecule has 0 aromatic carbocycles. The van der Waals surface area contributed by atoms with Gasteiger partial charge in [-0.2, -0.15) is 0 Å². The maximum absolute atomic E-state index is 10.2. The number of ether oxygens (including phenoxy) is 1. The summed E-state index contributed by atoms with van der Waals surface area (Å²) in [5.41, 5.74) is 1.32. The summed E-state index contributed by atoms with van der Waals surface area (Å²) in [5, 5.41) is 19.4. The molecule has 2 aliphatic rings. The highest BCUT2D eigenvalue weighted by molar-refractivity contribution is 5.08. The summed E-state index contributed by atoms with van der Waals surface area (Å²) in [7, 11) is 0. The van der Waals surface area contributed by atoms with Gasteiger partial charge in [-0.25, -0.2) is 0 Å². The second kappa shape index (κ2) is 3.65. The highest BCUT2D eigenvalue weighted by Gasteiger charge is 2.43. The summed E-state index contributed by atoms with van der Waals surface area (Å²) in [6.45, 7) is 2.08. The zero-order valence-corrected chi connectivity index (χ0v) is 8.57. The molecule has 1 aliphatic carbocycles. The van der Waals surface area contributed by atoms with Crippen LogP contribution in [0.2, 0.25) is 0 Å². The lowest BCUT2D eigenvalue weighted by molar-refractivity contribution is -0.255. The predicted octanol–water partition coefficient (Wildman–Crippen LogP) is 1.55. The lowest BCUT2D eigenvalue weighted by Crippen LogP contribution is -2.38. The van der Waals surface area contributed by atoms with Gasteiger partial charge in [0.1, 0.15) is 0 Å². The van der Waals surface area contributed by atoms with Crippen molar-refractivity contribution in [1.29, 1.82) is 0 Å². The van der Waals surface area contributed by atoms with E-state index in [0.29, 0.717) is 12.8 Å². The zero-order valence-electron chi connectivity index (χ0n) is 8.57. The molecule has 2 rings (SSSR count). The Morgan fingerprint density at radius 2 is 2.29 bits per heavy atom. The van der Waals surface area contributed by atoms with E-state index >= 15 is 0 Å². The normalized spacial score (nSPS) is 43.8. The first-order chi connectivity index (χ1) is 6.60. The fourth-order valence-electron chi connectivity index (χ4n) is 2.42. The van der Waals surface area contributed by atoms with Crippen molar-refractivity contribution in [3.05, 3.63) is 11.6 Å². The Balaban J connectivity index is 2.10. The number of aliphatic hydroxyl groups is 2. The Bertz CT molecular complexity index is 249. The van der Waals surface area contributed by atoms with Crippen LogP contribution in [0.25, 0.3) is 0 Å². The van der Waals surface area contributed by atoms with E-state index in [-0.39, 0.29) is 5.92 Å². The molecule has 0 aromatic heterocycles. The third-order valence-electron chi connectivity index (χ3n) is 3.24. The topological polar surface area (TPSA) is 49.7 Å². The molecule has 1 aliphatic heterocycles. The van der Waals surface area contributed by atoms with Crippen molar-refractivity contribution in [2.45, 2.75) is 51.1 Å². The van der Waals surface area contributed by atoms with Crippen LogP contribution in [-0.2, 0) is 4.74 Å².